The van der Waals surface area contributed by atoms with Crippen LogP contribution in [0.5, 0.6) is 0 Å². The van der Waals surface area contributed by atoms with E-state index in [1.54, 1.807) is 4.90 Å². The quantitative estimate of drug-likeness (QED) is 0.609. The van der Waals surface area contributed by atoms with Crippen molar-refractivity contribution in [3.8, 4) is 0 Å². The van der Waals surface area contributed by atoms with Crippen LogP contribution in [0, 0.1) is 5.92 Å². The van der Waals surface area contributed by atoms with E-state index in [0.717, 1.165) is 12.8 Å². The molecule has 4 aliphatic rings. The lowest BCUT2D eigenvalue weighted by molar-refractivity contribution is -0.138. The third kappa shape index (κ3) is 3.76. The Morgan fingerprint density at radius 2 is 1.50 bits per heavy atom. The van der Waals surface area contributed by atoms with Crippen LogP contribution in [0.25, 0.3) is 0 Å². The SMILES string of the molecule is CS(=O)(=O)N1CCC(C(=O)N2CCC(N3CC(=O)N(C4CC4)C3=O)CC2)CC1. The molecule has 10 heteroatoms. The number of hydrogen-bond acceptors (Lipinski definition) is 5. The van der Waals surface area contributed by atoms with Gasteiger partial charge in [0.15, 0.2) is 0 Å². The van der Waals surface area contributed by atoms with Crippen molar-refractivity contribution in [3.63, 3.8) is 0 Å². The molecule has 3 saturated heterocycles. The second-order valence-electron chi connectivity index (χ2n) is 8.40. The van der Waals surface area contributed by atoms with E-state index in [0.29, 0.717) is 51.9 Å². The van der Waals surface area contributed by atoms with Crippen LogP contribution in [0.3, 0.4) is 0 Å². The number of imide groups is 1. The average molecular weight is 413 g/mol. The van der Waals surface area contributed by atoms with Gasteiger partial charge in [-0.15, -0.1) is 0 Å². The molecule has 0 atom stereocenters. The molecule has 1 aliphatic carbocycles. The Labute approximate surface area is 165 Å². The minimum absolute atomic E-state index is 0.0105. The molecule has 3 heterocycles. The smallest absolute Gasteiger partial charge is 0.327 e. The Bertz CT molecular complexity index is 765. The van der Waals surface area contributed by atoms with Gasteiger partial charge in [-0.3, -0.25) is 14.5 Å². The normalized spacial score (nSPS) is 26.4. The zero-order valence-corrected chi connectivity index (χ0v) is 17.1. The fraction of sp³-hybridized carbons (Fsp3) is 0.833. The van der Waals surface area contributed by atoms with Crippen molar-refractivity contribution in [1.29, 1.82) is 0 Å². The summed E-state index contributed by atoms with van der Waals surface area (Å²) in [5.41, 5.74) is 0. The number of nitrogens with zero attached hydrogens (tertiary/aromatic N) is 4. The standard InChI is InChI=1S/C18H28N4O5S/c1-28(26,27)20-10-4-13(5-11-20)17(24)19-8-6-14(7-9-19)21-12-16(23)22(18(21)25)15-2-3-15/h13-15H,2-12H2,1H3. The molecule has 0 aromatic heterocycles. The molecule has 0 aromatic rings. The zero-order valence-electron chi connectivity index (χ0n) is 16.2. The molecule has 1 saturated carbocycles. The first-order chi connectivity index (χ1) is 13.3. The van der Waals surface area contributed by atoms with Crippen molar-refractivity contribution in [2.24, 2.45) is 5.92 Å². The average Bonchev–Trinajstić information content (AvgIpc) is 3.45. The summed E-state index contributed by atoms with van der Waals surface area (Å²) in [7, 11) is -3.19. The fourth-order valence-corrected chi connectivity index (χ4v) is 5.48. The van der Waals surface area contributed by atoms with Gasteiger partial charge in [0.05, 0.1) is 6.26 Å². The lowest BCUT2D eigenvalue weighted by Gasteiger charge is -2.38. The number of rotatable bonds is 4. The van der Waals surface area contributed by atoms with Crippen LogP contribution in [0.2, 0.25) is 0 Å². The van der Waals surface area contributed by atoms with Crippen LogP contribution < -0.4 is 0 Å². The van der Waals surface area contributed by atoms with Crippen LogP contribution in [0.15, 0.2) is 0 Å². The number of carbonyl (C=O) groups excluding carboxylic acids is 3. The molecular formula is C18H28N4O5S. The molecule has 4 rings (SSSR count). The largest absolute Gasteiger partial charge is 0.342 e. The first-order valence-electron chi connectivity index (χ1n) is 10.1. The minimum Gasteiger partial charge on any atom is -0.342 e. The van der Waals surface area contributed by atoms with Crippen LogP contribution >= 0.6 is 0 Å². The van der Waals surface area contributed by atoms with E-state index in [1.807, 2.05) is 4.90 Å². The molecule has 156 valence electrons. The van der Waals surface area contributed by atoms with Crippen molar-refractivity contribution >= 4 is 27.9 Å². The van der Waals surface area contributed by atoms with Gasteiger partial charge in [0, 0.05) is 44.2 Å². The summed E-state index contributed by atoms with van der Waals surface area (Å²) >= 11 is 0. The van der Waals surface area contributed by atoms with Gasteiger partial charge in [-0.25, -0.2) is 17.5 Å². The van der Waals surface area contributed by atoms with Gasteiger partial charge in [-0.2, -0.15) is 0 Å². The van der Waals surface area contributed by atoms with E-state index in [4.69, 9.17) is 0 Å². The number of piperidine rings is 2. The topological polar surface area (TPSA) is 98.3 Å². The molecule has 0 spiro atoms. The Balaban J connectivity index is 1.28. The molecule has 0 aromatic carbocycles. The Hall–Kier alpha value is -1.68. The molecule has 4 amide bonds. The number of sulfonamides is 1. The Morgan fingerprint density at radius 1 is 0.893 bits per heavy atom. The molecule has 0 unspecified atom stereocenters. The number of amides is 4. The number of hydrogen-bond donors (Lipinski definition) is 0. The van der Waals surface area contributed by atoms with Gasteiger partial charge in [0.25, 0.3) is 5.91 Å². The predicted molar refractivity (Wildman–Crippen MR) is 101 cm³/mol. The second-order valence-corrected chi connectivity index (χ2v) is 10.4. The zero-order chi connectivity index (χ0) is 20.1. The van der Waals surface area contributed by atoms with E-state index < -0.39 is 10.0 Å². The Morgan fingerprint density at radius 3 is 2.04 bits per heavy atom. The Kier molecular flexibility index (Phi) is 5.11. The highest BCUT2D eigenvalue weighted by atomic mass is 32.2. The van der Waals surface area contributed by atoms with Crippen molar-refractivity contribution in [2.45, 2.75) is 50.6 Å². The van der Waals surface area contributed by atoms with Crippen molar-refractivity contribution < 1.29 is 22.8 Å². The lowest BCUT2D eigenvalue weighted by Crippen LogP contribution is -2.50. The molecule has 3 aliphatic heterocycles. The van der Waals surface area contributed by atoms with E-state index in [9.17, 15) is 22.8 Å². The molecule has 28 heavy (non-hydrogen) atoms. The summed E-state index contributed by atoms with van der Waals surface area (Å²) in [6, 6.07) is -0.0498. The van der Waals surface area contributed by atoms with Crippen LogP contribution in [-0.4, -0.2) is 96.3 Å². The highest BCUT2D eigenvalue weighted by Crippen LogP contribution is 2.33. The maximum Gasteiger partial charge on any atom is 0.327 e. The van der Waals surface area contributed by atoms with Crippen LogP contribution in [-0.2, 0) is 19.6 Å². The van der Waals surface area contributed by atoms with Gasteiger partial charge in [-0.05, 0) is 38.5 Å². The van der Waals surface area contributed by atoms with Gasteiger partial charge < -0.3 is 9.80 Å². The predicted octanol–water partition coefficient (Wildman–Crippen LogP) is 0.0756. The summed E-state index contributed by atoms with van der Waals surface area (Å²) in [5.74, 6) is -0.131. The van der Waals surface area contributed by atoms with E-state index in [2.05, 4.69) is 0 Å². The highest BCUT2D eigenvalue weighted by Gasteiger charge is 2.47. The number of likely N-dealkylation sites (tertiary alicyclic amines) is 1. The van der Waals surface area contributed by atoms with Crippen LogP contribution in [0.4, 0.5) is 4.79 Å². The molecule has 0 N–H and O–H groups in total. The third-order valence-corrected chi connectivity index (χ3v) is 7.73. The summed E-state index contributed by atoms with van der Waals surface area (Å²) in [6.07, 6.45) is 5.51. The monoisotopic (exact) mass is 412 g/mol. The summed E-state index contributed by atoms with van der Waals surface area (Å²) in [6.45, 7) is 2.12. The van der Waals surface area contributed by atoms with Crippen LogP contribution in [0.1, 0.15) is 38.5 Å². The summed E-state index contributed by atoms with van der Waals surface area (Å²) < 4.78 is 24.7. The van der Waals surface area contributed by atoms with Crippen molar-refractivity contribution in [1.82, 2.24) is 19.0 Å². The van der Waals surface area contributed by atoms with Crippen molar-refractivity contribution in [3.05, 3.63) is 0 Å². The fourth-order valence-electron chi connectivity index (χ4n) is 4.60. The van der Waals surface area contributed by atoms with Crippen molar-refractivity contribution in [2.75, 3.05) is 39.0 Å². The van der Waals surface area contributed by atoms with E-state index in [1.165, 1.54) is 15.5 Å². The minimum atomic E-state index is -3.19. The summed E-state index contributed by atoms with van der Waals surface area (Å²) in [4.78, 5) is 42.5. The number of carbonyl (C=O) groups is 3. The molecule has 9 nitrogen and oxygen atoms in total. The van der Waals surface area contributed by atoms with Gasteiger partial charge >= 0.3 is 6.03 Å². The third-order valence-electron chi connectivity index (χ3n) is 6.43. The van der Waals surface area contributed by atoms with E-state index >= 15 is 0 Å². The van der Waals surface area contributed by atoms with Gasteiger partial charge in [0.2, 0.25) is 15.9 Å². The van der Waals surface area contributed by atoms with Gasteiger partial charge in [0.1, 0.15) is 6.54 Å². The molecule has 4 fully saturated rings. The molecule has 0 bridgehead atoms. The maximum absolute atomic E-state index is 12.8. The lowest BCUT2D eigenvalue weighted by atomic mass is 9.94. The van der Waals surface area contributed by atoms with E-state index in [-0.39, 0.29) is 42.4 Å². The highest BCUT2D eigenvalue weighted by molar-refractivity contribution is 7.88. The first-order valence-corrected chi connectivity index (χ1v) is 12.0. The maximum atomic E-state index is 12.8. The number of urea groups is 1. The second kappa shape index (κ2) is 7.29. The molecular weight excluding hydrogens is 384 g/mol. The molecule has 0 radical (unpaired) electrons. The van der Waals surface area contributed by atoms with Gasteiger partial charge in [-0.1, -0.05) is 0 Å². The first kappa shape index (κ1) is 19.6. The summed E-state index contributed by atoms with van der Waals surface area (Å²) in [5, 5.41) is 0.